The summed E-state index contributed by atoms with van der Waals surface area (Å²) in [5.74, 6) is 0. The predicted molar refractivity (Wildman–Crippen MR) is 52.8 cm³/mol. The van der Waals surface area contributed by atoms with Crippen molar-refractivity contribution in [2.45, 2.75) is 13.3 Å². The third kappa shape index (κ3) is 1.26. The molecule has 0 amide bonds. The summed E-state index contributed by atoms with van der Waals surface area (Å²) < 4.78 is 1.50. The zero-order chi connectivity index (χ0) is 10.1. The molecule has 72 valence electrons. The molecule has 2 aromatic heterocycles. The molecular weight excluding hydrogens is 204 g/mol. The fourth-order valence-electron chi connectivity index (χ4n) is 1.27. The highest BCUT2D eigenvalue weighted by Crippen LogP contribution is 2.24. The number of aryl methyl sites for hydroxylation is 1. The molecule has 6 heteroatoms. The topological polar surface area (TPSA) is 59.6 Å². The lowest BCUT2D eigenvalue weighted by atomic mass is 10.3. The van der Waals surface area contributed by atoms with E-state index in [0.29, 0.717) is 22.9 Å². The number of aromatic nitrogens is 3. The molecule has 2 heterocycles. The van der Waals surface area contributed by atoms with E-state index >= 15 is 0 Å². The molecule has 0 N–H and O–H groups in total. The molecule has 0 aliphatic carbocycles. The van der Waals surface area contributed by atoms with Gasteiger partial charge in [-0.25, -0.2) is 9.50 Å². The molecule has 0 saturated carbocycles. The van der Waals surface area contributed by atoms with Gasteiger partial charge in [0, 0.05) is 6.20 Å². The maximum atomic E-state index is 10.6. The molecule has 0 unspecified atom stereocenters. The molecule has 14 heavy (non-hydrogen) atoms. The van der Waals surface area contributed by atoms with Gasteiger partial charge in [0.25, 0.3) is 0 Å². The van der Waals surface area contributed by atoms with Gasteiger partial charge in [-0.3, -0.25) is 0 Å². The van der Waals surface area contributed by atoms with Gasteiger partial charge in [-0.05, 0) is 17.7 Å². The molecule has 0 aromatic carbocycles. The van der Waals surface area contributed by atoms with Crippen LogP contribution in [0.1, 0.15) is 12.6 Å². The first kappa shape index (κ1) is 9.08. The maximum absolute atomic E-state index is 10.6. The summed E-state index contributed by atoms with van der Waals surface area (Å²) in [5.41, 5.74) is 1.31. The lowest BCUT2D eigenvalue weighted by molar-refractivity contribution is 0.887. The number of hydrogen-bond acceptors (Lipinski definition) is 4. The van der Waals surface area contributed by atoms with Crippen LogP contribution < -0.4 is 0 Å². The maximum Gasteiger partial charge on any atom is 0.186 e. The van der Waals surface area contributed by atoms with Crippen molar-refractivity contribution in [2.75, 3.05) is 0 Å². The van der Waals surface area contributed by atoms with Crippen molar-refractivity contribution in [3.05, 3.63) is 28.0 Å². The average molecular weight is 211 g/mol. The molecule has 0 aliphatic heterocycles. The van der Waals surface area contributed by atoms with Crippen molar-refractivity contribution in [3.8, 4) is 0 Å². The standard InChI is InChI=1S/C8H7ClN4O/c1-2-5-7(12-14)8-10-6(9)3-4-13(8)11-5/h3-4H,2H2,1H3. The van der Waals surface area contributed by atoms with Crippen molar-refractivity contribution < 1.29 is 0 Å². The van der Waals surface area contributed by atoms with Gasteiger partial charge in [-0.2, -0.15) is 5.10 Å². The Morgan fingerprint density at radius 1 is 1.64 bits per heavy atom. The smallest absolute Gasteiger partial charge is 0.186 e. The van der Waals surface area contributed by atoms with Crippen molar-refractivity contribution >= 4 is 22.9 Å². The Morgan fingerprint density at radius 3 is 3.07 bits per heavy atom. The summed E-state index contributed by atoms with van der Waals surface area (Å²) in [4.78, 5) is 14.6. The fourth-order valence-corrected chi connectivity index (χ4v) is 1.41. The summed E-state index contributed by atoms with van der Waals surface area (Å²) >= 11 is 5.70. The van der Waals surface area contributed by atoms with Crippen molar-refractivity contribution in [1.82, 2.24) is 14.6 Å². The average Bonchev–Trinajstić information content (AvgIpc) is 2.54. The van der Waals surface area contributed by atoms with Gasteiger partial charge in [0.15, 0.2) is 11.3 Å². The van der Waals surface area contributed by atoms with E-state index in [1.807, 2.05) is 6.92 Å². The van der Waals surface area contributed by atoms with E-state index in [2.05, 4.69) is 15.3 Å². The SMILES string of the molecule is CCc1nn2ccc(Cl)nc2c1N=O. The summed E-state index contributed by atoms with van der Waals surface area (Å²) in [6, 6.07) is 1.61. The number of nitrogens with zero attached hydrogens (tertiary/aromatic N) is 4. The molecule has 0 aliphatic rings. The van der Waals surface area contributed by atoms with Crippen LogP contribution >= 0.6 is 11.6 Å². The minimum atomic E-state index is 0.273. The summed E-state index contributed by atoms with van der Waals surface area (Å²) in [5, 5.41) is 7.39. The van der Waals surface area contributed by atoms with Gasteiger partial charge in [-0.15, -0.1) is 4.91 Å². The van der Waals surface area contributed by atoms with Crippen LogP contribution in [0.15, 0.2) is 17.4 Å². The first-order valence-electron chi connectivity index (χ1n) is 4.13. The van der Waals surface area contributed by atoms with Crippen LogP contribution in [0.2, 0.25) is 5.15 Å². The number of hydrogen-bond donors (Lipinski definition) is 0. The molecule has 0 radical (unpaired) electrons. The highest BCUT2D eigenvalue weighted by Gasteiger charge is 2.13. The summed E-state index contributed by atoms with van der Waals surface area (Å²) in [7, 11) is 0. The Morgan fingerprint density at radius 2 is 2.43 bits per heavy atom. The Hall–Kier alpha value is -1.49. The number of nitroso groups, excluding NO2 is 1. The van der Waals surface area contributed by atoms with Crippen LogP contribution in [0.5, 0.6) is 0 Å². The second-order valence-electron chi connectivity index (χ2n) is 2.76. The van der Waals surface area contributed by atoms with Gasteiger partial charge < -0.3 is 0 Å². The summed E-state index contributed by atoms with van der Waals surface area (Å²) in [6.07, 6.45) is 2.29. The molecule has 0 spiro atoms. The van der Waals surface area contributed by atoms with E-state index < -0.39 is 0 Å². The lowest BCUT2D eigenvalue weighted by Crippen LogP contribution is -1.89. The summed E-state index contributed by atoms with van der Waals surface area (Å²) in [6.45, 7) is 1.90. The van der Waals surface area contributed by atoms with Gasteiger partial charge in [-0.1, -0.05) is 18.5 Å². The minimum Gasteiger partial charge on any atom is -0.220 e. The van der Waals surface area contributed by atoms with E-state index in [0.717, 1.165) is 0 Å². The van der Waals surface area contributed by atoms with Crippen molar-refractivity contribution in [3.63, 3.8) is 0 Å². The minimum absolute atomic E-state index is 0.273. The first-order valence-corrected chi connectivity index (χ1v) is 4.51. The Kier molecular flexibility index (Phi) is 2.17. The Bertz CT molecular complexity index is 493. The van der Waals surface area contributed by atoms with Crippen LogP contribution in [0.3, 0.4) is 0 Å². The van der Waals surface area contributed by atoms with Crippen LogP contribution in [0, 0.1) is 4.91 Å². The predicted octanol–water partition coefficient (Wildman–Crippen LogP) is 2.34. The van der Waals surface area contributed by atoms with E-state index in [1.54, 1.807) is 12.3 Å². The van der Waals surface area contributed by atoms with Crippen LogP contribution in [0.25, 0.3) is 5.65 Å². The van der Waals surface area contributed by atoms with E-state index in [1.165, 1.54) is 4.52 Å². The van der Waals surface area contributed by atoms with Crippen LogP contribution in [0.4, 0.5) is 5.69 Å². The van der Waals surface area contributed by atoms with Gasteiger partial charge in [0.1, 0.15) is 5.15 Å². The van der Waals surface area contributed by atoms with Gasteiger partial charge >= 0.3 is 0 Å². The fraction of sp³-hybridized carbons (Fsp3) is 0.250. The number of rotatable bonds is 2. The van der Waals surface area contributed by atoms with Crippen LogP contribution in [-0.4, -0.2) is 14.6 Å². The molecule has 5 nitrogen and oxygen atoms in total. The van der Waals surface area contributed by atoms with E-state index in [4.69, 9.17) is 11.6 Å². The Balaban J connectivity index is 2.81. The molecule has 0 bridgehead atoms. The normalized spacial score (nSPS) is 10.7. The van der Waals surface area contributed by atoms with Crippen molar-refractivity contribution in [1.29, 1.82) is 0 Å². The van der Waals surface area contributed by atoms with Gasteiger partial charge in [0.05, 0.1) is 5.69 Å². The largest absolute Gasteiger partial charge is 0.220 e. The third-order valence-electron chi connectivity index (χ3n) is 1.92. The molecule has 2 aromatic rings. The molecule has 0 saturated heterocycles. The van der Waals surface area contributed by atoms with Gasteiger partial charge in [0.2, 0.25) is 0 Å². The zero-order valence-corrected chi connectivity index (χ0v) is 8.19. The monoisotopic (exact) mass is 210 g/mol. The Labute approximate surface area is 84.7 Å². The van der Waals surface area contributed by atoms with E-state index in [9.17, 15) is 4.91 Å². The first-order chi connectivity index (χ1) is 6.76. The quantitative estimate of drug-likeness (QED) is 0.565. The number of halogens is 1. The molecule has 0 fully saturated rings. The molecule has 2 rings (SSSR count). The van der Waals surface area contributed by atoms with Crippen molar-refractivity contribution in [2.24, 2.45) is 5.18 Å². The highest BCUT2D eigenvalue weighted by atomic mass is 35.5. The second-order valence-corrected chi connectivity index (χ2v) is 3.15. The third-order valence-corrected chi connectivity index (χ3v) is 2.13. The van der Waals surface area contributed by atoms with Crippen LogP contribution in [-0.2, 0) is 6.42 Å². The highest BCUT2D eigenvalue weighted by molar-refractivity contribution is 6.29. The zero-order valence-electron chi connectivity index (χ0n) is 7.44. The lowest BCUT2D eigenvalue weighted by Gasteiger charge is -1.91. The molecule has 0 atom stereocenters. The number of fused-ring (bicyclic) bond motifs is 1. The molecular formula is C8H7ClN4O. The second kappa shape index (κ2) is 3.34. The van der Waals surface area contributed by atoms with E-state index in [-0.39, 0.29) is 5.69 Å².